The van der Waals surface area contributed by atoms with Crippen molar-refractivity contribution >= 4 is 16.0 Å². The molecule has 0 unspecified atom stereocenters. The molecule has 0 aromatic rings. The van der Waals surface area contributed by atoms with Crippen LogP contribution in [0.5, 0.6) is 0 Å². The standard InChI is InChI=1S/C47H94N2O4S/c1-4-7-10-13-16-17-18-19-20-21-22-23-28-33-42-49(44-35-41-48-54(51,52)46-39-40-46)43-34-29-24-27-32-38-47(50)53-45(36-30-25-14-11-8-5-2)37-31-26-15-12-9-6-3/h45-46,48H,4-44H2,1-3H3. The first-order valence-corrected chi connectivity index (χ1v) is 25.9. The summed E-state index contributed by atoms with van der Waals surface area (Å²) in [5.41, 5.74) is 0. The van der Waals surface area contributed by atoms with Gasteiger partial charge in [-0.25, -0.2) is 13.1 Å². The minimum Gasteiger partial charge on any atom is -0.462 e. The number of rotatable bonds is 44. The lowest BCUT2D eigenvalue weighted by Gasteiger charge is -2.22. The third-order valence-electron chi connectivity index (χ3n) is 11.7. The predicted molar refractivity (Wildman–Crippen MR) is 235 cm³/mol. The second kappa shape index (κ2) is 37.9. The first-order valence-electron chi connectivity index (χ1n) is 24.3. The summed E-state index contributed by atoms with van der Waals surface area (Å²) in [6.45, 7) is 10.6. The van der Waals surface area contributed by atoms with Crippen LogP contribution in [0.15, 0.2) is 0 Å². The fourth-order valence-corrected chi connectivity index (χ4v) is 9.25. The number of carbonyl (C=O) groups is 1. The SMILES string of the molecule is CCCCCCCCCCCCCCCCN(CCCCCCCC(=O)OC(CCCCCCCC)CCCCCCCC)CCCNS(=O)(=O)C1CC1. The number of nitrogens with one attached hydrogen (secondary N) is 1. The van der Waals surface area contributed by atoms with Gasteiger partial charge in [-0.1, -0.05) is 188 Å². The molecule has 7 heteroatoms. The van der Waals surface area contributed by atoms with Crippen LogP contribution in [-0.4, -0.2) is 56.8 Å². The first-order chi connectivity index (χ1) is 26.4. The minimum absolute atomic E-state index is 0.0219. The van der Waals surface area contributed by atoms with Crippen LogP contribution in [0, 0.1) is 0 Å². The van der Waals surface area contributed by atoms with E-state index in [9.17, 15) is 13.2 Å². The first kappa shape index (κ1) is 51.4. The fraction of sp³-hybridized carbons (Fsp3) is 0.979. The smallest absolute Gasteiger partial charge is 0.306 e. The van der Waals surface area contributed by atoms with Gasteiger partial charge in [-0.05, 0) is 83.8 Å². The molecule has 1 rings (SSSR count). The van der Waals surface area contributed by atoms with Gasteiger partial charge in [-0.2, -0.15) is 0 Å². The Balaban J connectivity index is 2.27. The minimum atomic E-state index is -3.09. The summed E-state index contributed by atoms with van der Waals surface area (Å²) in [5.74, 6) is 0.0219. The van der Waals surface area contributed by atoms with Crippen molar-refractivity contribution in [2.75, 3.05) is 26.2 Å². The Kier molecular flexibility index (Phi) is 36.0. The van der Waals surface area contributed by atoms with Crippen LogP contribution in [0.2, 0.25) is 0 Å². The zero-order valence-corrected chi connectivity index (χ0v) is 37.5. The second-order valence-corrected chi connectivity index (χ2v) is 19.2. The highest BCUT2D eigenvalue weighted by Gasteiger charge is 2.35. The quantitative estimate of drug-likeness (QED) is 0.0492. The van der Waals surface area contributed by atoms with E-state index in [1.807, 2.05) is 0 Å². The Morgan fingerprint density at radius 2 is 0.870 bits per heavy atom. The Bertz CT molecular complexity index is 893. The van der Waals surface area contributed by atoms with E-state index < -0.39 is 10.0 Å². The van der Waals surface area contributed by atoms with Crippen LogP contribution < -0.4 is 4.72 Å². The molecule has 0 saturated heterocycles. The number of carbonyl (C=O) groups excluding carboxylic acids is 1. The number of nitrogens with zero attached hydrogens (tertiary/aromatic N) is 1. The molecular weight excluding hydrogens is 689 g/mol. The van der Waals surface area contributed by atoms with Crippen molar-refractivity contribution in [1.82, 2.24) is 9.62 Å². The van der Waals surface area contributed by atoms with Gasteiger partial charge >= 0.3 is 5.97 Å². The van der Waals surface area contributed by atoms with Crippen molar-refractivity contribution in [1.29, 1.82) is 0 Å². The van der Waals surface area contributed by atoms with Crippen molar-refractivity contribution in [2.45, 2.75) is 270 Å². The molecule has 0 bridgehead atoms. The number of sulfonamides is 1. The molecule has 0 spiro atoms. The van der Waals surface area contributed by atoms with E-state index in [0.29, 0.717) is 13.0 Å². The maximum atomic E-state index is 12.8. The molecule has 0 atom stereocenters. The lowest BCUT2D eigenvalue weighted by Crippen LogP contribution is -2.32. The van der Waals surface area contributed by atoms with Crippen LogP contribution in [0.4, 0.5) is 0 Å². The summed E-state index contributed by atoms with van der Waals surface area (Å²) in [6.07, 6.45) is 45.6. The molecule has 0 aliphatic heterocycles. The maximum Gasteiger partial charge on any atom is 0.306 e. The summed E-state index contributed by atoms with van der Waals surface area (Å²) < 4.78 is 33.4. The van der Waals surface area contributed by atoms with Crippen LogP contribution in [0.3, 0.4) is 0 Å². The highest BCUT2D eigenvalue weighted by molar-refractivity contribution is 7.90. The molecule has 0 aromatic carbocycles. The van der Waals surface area contributed by atoms with Gasteiger partial charge in [0.05, 0.1) is 5.25 Å². The third kappa shape index (κ3) is 33.5. The van der Waals surface area contributed by atoms with Crippen LogP contribution in [0.1, 0.15) is 258 Å². The van der Waals surface area contributed by atoms with Gasteiger partial charge in [-0.15, -0.1) is 0 Å². The van der Waals surface area contributed by atoms with E-state index in [2.05, 4.69) is 30.4 Å². The maximum absolute atomic E-state index is 12.8. The molecule has 1 saturated carbocycles. The molecule has 0 heterocycles. The Morgan fingerprint density at radius 1 is 0.519 bits per heavy atom. The lowest BCUT2D eigenvalue weighted by atomic mass is 10.0. The molecule has 54 heavy (non-hydrogen) atoms. The van der Waals surface area contributed by atoms with E-state index in [1.165, 1.54) is 186 Å². The summed E-state index contributed by atoms with van der Waals surface area (Å²) in [5, 5.41) is -0.136. The van der Waals surface area contributed by atoms with Gasteiger partial charge in [0.25, 0.3) is 0 Å². The van der Waals surface area contributed by atoms with Gasteiger partial charge < -0.3 is 9.64 Å². The normalized spacial score (nSPS) is 13.4. The highest BCUT2D eigenvalue weighted by atomic mass is 32.2. The van der Waals surface area contributed by atoms with Crippen LogP contribution in [-0.2, 0) is 19.6 Å². The molecule has 0 aromatic heterocycles. The zero-order valence-electron chi connectivity index (χ0n) is 36.6. The van der Waals surface area contributed by atoms with Crippen molar-refractivity contribution in [2.24, 2.45) is 0 Å². The van der Waals surface area contributed by atoms with Gasteiger partial charge in [-0.3, -0.25) is 4.79 Å². The van der Waals surface area contributed by atoms with E-state index in [0.717, 1.165) is 64.6 Å². The molecule has 1 N–H and O–H groups in total. The average Bonchev–Trinajstić information content (AvgIpc) is 4.02. The van der Waals surface area contributed by atoms with E-state index in [4.69, 9.17) is 4.74 Å². The van der Waals surface area contributed by atoms with Gasteiger partial charge in [0.15, 0.2) is 0 Å². The molecular formula is C47H94N2O4S. The average molecular weight is 783 g/mol. The third-order valence-corrected chi connectivity index (χ3v) is 13.6. The molecule has 0 radical (unpaired) electrons. The number of esters is 1. The van der Waals surface area contributed by atoms with Gasteiger partial charge in [0.2, 0.25) is 10.0 Å². The Morgan fingerprint density at radius 3 is 1.28 bits per heavy atom. The summed E-state index contributed by atoms with van der Waals surface area (Å²) in [4.78, 5) is 15.4. The molecule has 6 nitrogen and oxygen atoms in total. The topological polar surface area (TPSA) is 75.7 Å². The van der Waals surface area contributed by atoms with Crippen LogP contribution in [0.25, 0.3) is 0 Å². The Hall–Kier alpha value is -0.660. The zero-order chi connectivity index (χ0) is 39.2. The summed E-state index contributed by atoms with van der Waals surface area (Å²) in [7, 11) is -3.09. The lowest BCUT2D eigenvalue weighted by molar-refractivity contribution is -0.150. The summed E-state index contributed by atoms with van der Waals surface area (Å²) >= 11 is 0. The number of unbranched alkanes of at least 4 members (excludes halogenated alkanes) is 27. The predicted octanol–water partition coefficient (Wildman–Crippen LogP) is 14.0. The Labute approximate surface area is 338 Å². The molecule has 1 aliphatic rings. The van der Waals surface area contributed by atoms with Crippen molar-refractivity contribution in [3.05, 3.63) is 0 Å². The van der Waals surface area contributed by atoms with E-state index >= 15 is 0 Å². The largest absolute Gasteiger partial charge is 0.462 e. The summed E-state index contributed by atoms with van der Waals surface area (Å²) in [6, 6.07) is 0. The number of hydrogen-bond donors (Lipinski definition) is 1. The molecule has 0 amide bonds. The molecule has 322 valence electrons. The monoisotopic (exact) mass is 783 g/mol. The molecule has 1 fully saturated rings. The van der Waals surface area contributed by atoms with E-state index in [1.54, 1.807) is 0 Å². The molecule has 1 aliphatic carbocycles. The van der Waals surface area contributed by atoms with Crippen molar-refractivity contribution in [3.8, 4) is 0 Å². The van der Waals surface area contributed by atoms with Gasteiger partial charge in [0, 0.05) is 13.0 Å². The number of ether oxygens (including phenoxy) is 1. The van der Waals surface area contributed by atoms with Crippen molar-refractivity contribution < 1.29 is 17.9 Å². The van der Waals surface area contributed by atoms with Crippen LogP contribution >= 0.6 is 0 Å². The van der Waals surface area contributed by atoms with E-state index in [-0.39, 0.29) is 17.3 Å². The fourth-order valence-electron chi connectivity index (χ4n) is 7.83. The highest BCUT2D eigenvalue weighted by Crippen LogP contribution is 2.27. The number of hydrogen-bond acceptors (Lipinski definition) is 5. The van der Waals surface area contributed by atoms with Gasteiger partial charge in [0.1, 0.15) is 6.10 Å². The second-order valence-electron chi connectivity index (χ2n) is 17.2. The van der Waals surface area contributed by atoms with Crippen molar-refractivity contribution in [3.63, 3.8) is 0 Å².